The highest BCUT2D eigenvalue weighted by molar-refractivity contribution is 7.88. The zero-order valence-corrected chi connectivity index (χ0v) is 18.5. The molecule has 0 bridgehead atoms. The van der Waals surface area contributed by atoms with E-state index in [0.717, 1.165) is 17.4 Å². The summed E-state index contributed by atoms with van der Waals surface area (Å²) >= 11 is 0. The number of carbonyl (C=O) groups excluding carboxylic acids is 1. The van der Waals surface area contributed by atoms with Crippen molar-refractivity contribution in [3.63, 3.8) is 0 Å². The number of nitrogens with one attached hydrogen (secondary N) is 1. The smallest absolute Gasteiger partial charge is 0.235 e. The second-order valence-electron chi connectivity index (χ2n) is 8.11. The summed E-state index contributed by atoms with van der Waals surface area (Å²) in [5.41, 5.74) is 1.18. The number of methoxy groups -OCH3 is 1. The number of carbonyl (C=O) groups is 1. The highest BCUT2D eigenvalue weighted by atomic mass is 32.2. The summed E-state index contributed by atoms with van der Waals surface area (Å²) in [5, 5.41) is 2.99. The van der Waals surface area contributed by atoms with Gasteiger partial charge in [-0.1, -0.05) is 30.3 Å². The number of amides is 1. The Kier molecular flexibility index (Phi) is 6.38. The molecule has 162 valence electrons. The monoisotopic (exact) mass is 432 g/mol. The number of hydrogen-bond donors (Lipinski definition) is 1. The first-order chi connectivity index (χ1) is 14.1. The summed E-state index contributed by atoms with van der Waals surface area (Å²) in [4.78, 5) is 12.8. The van der Waals surface area contributed by atoms with Crippen molar-refractivity contribution in [2.24, 2.45) is 0 Å². The molecular formula is C22H28N2O5S. The van der Waals surface area contributed by atoms with E-state index >= 15 is 0 Å². The van der Waals surface area contributed by atoms with E-state index in [0.29, 0.717) is 17.9 Å². The lowest BCUT2D eigenvalue weighted by Gasteiger charge is -2.38. The van der Waals surface area contributed by atoms with Crippen LogP contribution in [-0.2, 0) is 21.4 Å². The van der Waals surface area contributed by atoms with Crippen LogP contribution < -0.4 is 14.8 Å². The molecular weight excluding hydrogens is 404 g/mol. The predicted molar refractivity (Wildman–Crippen MR) is 115 cm³/mol. The fraction of sp³-hybridized carbons (Fsp3) is 0.409. The van der Waals surface area contributed by atoms with E-state index in [2.05, 4.69) is 5.32 Å². The molecule has 0 spiro atoms. The molecule has 2 aromatic carbocycles. The Hall–Kier alpha value is -2.58. The van der Waals surface area contributed by atoms with Crippen LogP contribution in [0.5, 0.6) is 11.5 Å². The number of sulfonamides is 1. The number of benzene rings is 2. The van der Waals surface area contributed by atoms with Crippen LogP contribution in [0, 0.1) is 0 Å². The number of hydrogen-bond acceptors (Lipinski definition) is 5. The summed E-state index contributed by atoms with van der Waals surface area (Å²) in [6.07, 6.45) is 1.68. The maximum absolute atomic E-state index is 12.8. The van der Waals surface area contributed by atoms with Gasteiger partial charge in [-0.05, 0) is 31.5 Å². The average Bonchev–Trinajstić information content (AvgIpc) is 2.66. The van der Waals surface area contributed by atoms with Gasteiger partial charge in [0.25, 0.3) is 0 Å². The first-order valence-corrected chi connectivity index (χ1v) is 11.6. The van der Waals surface area contributed by atoms with Crippen LogP contribution in [0.3, 0.4) is 0 Å². The van der Waals surface area contributed by atoms with Gasteiger partial charge in [-0.3, -0.25) is 4.79 Å². The van der Waals surface area contributed by atoms with Gasteiger partial charge in [0, 0.05) is 24.6 Å². The molecule has 30 heavy (non-hydrogen) atoms. The summed E-state index contributed by atoms with van der Waals surface area (Å²) in [6, 6.07) is 14.4. The summed E-state index contributed by atoms with van der Waals surface area (Å²) in [7, 11) is -1.98. The molecule has 8 heteroatoms. The molecule has 3 rings (SSSR count). The summed E-state index contributed by atoms with van der Waals surface area (Å²) < 4.78 is 37.0. The normalized spacial score (nSPS) is 17.7. The van der Waals surface area contributed by atoms with Crippen LogP contribution in [0.25, 0.3) is 0 Å². The first kappa shape index (κ1) is 22.1. The van der Waals surface area contributed by atoms with E-state index in [1.807, 2.05) is 56.3 Å². The molecule has 1 aliphatic heterocycles. The van der Waals surface area contributed by atoms with Crippen molar-refractivity contribution >= 4 is 15.9 Å². The number of nitrogens with zero attached hydrogens (tertiary/aromatic N) is 1. The second-order valence-corrected chi connectivity index (χ2v) is 10.1. The molecule has 0 saturated heterocycles. The second kappa shape index (κ2) is 8.65. The van der Waals surface area contributed by atoms with Crippen LogP contribution in [0.4, 0.5) is 0 Å². The van der Waals surface area contributed by atoms with Crippen molar-refractivity contribution < 1.29 is 22.7 Å². The minimum Gasteiger partial charge on any atom is -0.497 e. The largest absolute Gasteiger partial charge is 0.497 e. The van der Waals surface area contributed by atoms with E-state index in [9.17, 15) is 13.2 Å². The predicted octanol–water partition coefficient (Wildman–Crippen LogP) is 2.88. The van der Waals surface area contributed by atoms with E-state index in [-0.39, 0.29) is 25.0 Å². The highest BCUT2D eigenvalue weighted by Crippen LogP contribution is 2.41. The van der Waals surface area contributed by atoms with Gasteiger partial charge in [-0.25, -0.2) is 8.42 Å². The van der Waals surface area contributed by atoms with Crippen LogP contribution in [0.2, 0.25) is 0 Å². The lowest BCUT2D eigenvalue weighted by molar-refractivity contribution is -0.122. The van der Waals surface area contributed by atoms with Crippen LogP contribution in [0.1, 0.15) is 37.4 Å². The average molecular weight is 433 g/mol. The quantitative estimate of drug-likeness (QED) is 0.727. The molecule has 2 aromatic rings. The molecule has 1 atom stereocenters. The molecule has 1 N–H and O–H groups in total. The third-order valence-electron chi connectivity index (χ3n) is 5.00. The lowest BCUT2D eigenvalue weighted by Crippen LogP contribution is -2.45. The highest BCUT2D eigenvalue weighted by Gasteiger charge is 2.35. The van der Waals surface area contributed by atoms with Crippen molar-refractivity contribution in [2.75, 3.05) is 19.9 Å². The molecule has 0 saturated carbocycles. The van der Waals surface area contributed by atoms with Gasteiger partial charge in [0.15, 0.2) is 0 Å². The topological polar surface area (TPSA) is 84.9 Å². The molecule has 0 radical (unpaired) electrons. The summed E-state index contributed by atoms with van der Waals surface area (Å²) in [5.74, 6) is 0.962. The molecule has 0 unspecified atom stereocenters. The SMILES string of the molecule is COc1ccc2c(c1)OC(C)(C)C[C@@H]2NC(=O)CN(Cc1ccccc1)S(C)(=O)=O. The maximum atomic E-state index is 12.8. The van der Waals surface area contributed by atoms with Crippen molar-refractivity contribution in [3.8, 4) is 11.5 Å². The van der Waals surface area contributed by atoms with E-state index < -0.39 is 15.6 Å². The molecule has 1 aliphatic rings. The van der Waals surface area contributed by atoms with Crippen LogP contribution in [-0.4, -0.2) is 44.1 Å². The van der Waals surface area contributed by atoms with Gasteiger partial charge >= 0.3 is 0 Å². The van der Waals surface area contributed by atoms with E-state index in [1.54, 1.807) is 13.2 Å². The standard InChI is InChI=1S/C22H28N2O5S/c1-22(2)13-19(18-11-10-17(28-3)12-20(18)29-22)23-21(25)15-24(30(4,26)27)14-16-8-6-5-7-9-16/h5-12,19H,13-15H2,1-4H3,(H,23,25)/t19-/m0/s1. The third kappa shape index (κ3) is 5.52. The lowest BCUT2D eigenvalue weighted by atomic mass is 9.89. The van der Waals surface area contributed by atoms with Gasteiger partial charge in [-0.15, -0.1) is 0 Å². The Morgan fingerprint density at radius 1 is 1.23 bits per heavy atom. The Bertz CT molecular complexity index is 1010. The Morgan fingerprint density at radius 2 is 1.93 bits per heavy atom. The summed E-state index contributed by atoms with van der Waals surface area (Å²) in [6.45, 7) is 3.79. The van der Waals surface area contributed by atoms with Crippen LogP contribution in [0.15, 0.2) is 48.5 Å². The Labute approximate surface area is 178 Å². The minimum absolute atomic E-state index is 0.139. The molecule has 1 amide bonds. The van der Waals surface area contributed by atoms with Crippen molar-refractivity contribution in [3.05, 3.63) is 59.7 Å². The van der Waals surface area contributed by atoms with Gasteiger partial charge < -0.3 is 14.8 Å². The fourth-order valence-electron chi connectivity index (χ4n) is 3.57. The van der Waals surface area contributed by atoms with Crippen molar-refractivity contribution in [2.45, 2.75) is 38.5 Å². The zero-order valence-electron chi connectivity index (χ0n) is 17.7. The molecule has 0 fully saturated rings. The molecule has 7 nitrogen and oxygen atoms in total. The Balaban J connectivity index is 1.77. The Morgan fingerprint density at radius 3 is 2.57 bits per heavy atom. The van der Waals surface area contributed by atoms with Crippen molar-refractivity contribution in [1.82, 2.24) is 9.62 Å². The van der Waals surface area contributed by atoms with E-state index in [1.165, 1.54) is 4.31 Å². The maximum Gasteiger partial charge on any atom is 0.235 e. The minimum atomic E-state index is -3.56. The van der Waals surface area contributed by atoms with E-state index in [4.69, 9.17) is 9.47 Å². The van der Waals surface area contributed by atoms with Gasteiger partial charge in [0.2, 0.25) is 15.9 Å². The van der Waals surface area contributed by atoms with Crippen LogP contribution >= 0.6 is 0 Å². The number of fused-ring (bicyclic) bond motifs is 1. The number of rotatable bonds is 7. The van der Waals surface area contributed by atoms with Gasteiger partial charge in [0.05, 0.1) is 26.0 Å². The molecule has 0 aromatic heterocycles. The molecule has 0 aliphatic carbocycles. The first-order valence-electron chi connectivity index (χ1n) is 9.73. The van der Waals surface area contributed by atoms with Gasteiger partial charge in [-0.2, -0.15) is 4.31 Å². The van der Waals surface area contributed by atoms with Crippen molar-refractivity contribution in [1.29, 1.82) is 0 Å². The zero-order chi connectivity index (χ0) is 21.9. The molecule has 1 heterocycles. The van der Waals surface area contributed by atoms with Gasteiger partial charge in [0.1, 0.15) is 17.1 Å². The fourth-order valence-corrected chi connectivity index (χ4v) is 4.30. The number of ether oxygens (including phenoxy) is 2. The third-order valence-corrected chi connectivity index (χ3v) is 6.20.